The van der Waals surface area contributed by atoms with Gasteiger partial charge in [0, 0.05) is 19.5 Å². The van der Waals surface area contributed by atoms with Gasteiger partial charge >= 0.3 is 0 Å². The molecule has 2 heterocycles. The number of carbonyl (C=O) groups excluding carboxylic acids is 1. The summed E-state index contributed by atoms with van der Waals surface area (Å²) in [5, 5.41) is 8.16. The number of aryl methyl sites for hydroxylation is 1. The fourth-order valence-electron chi connectivity index (χ4n) is 2.25. The maximum atomic E-state index is 12.0. The second kappa shape index (κ2) is 5.36. The number of carbonyl (C=O) groups is 1. The number of aromatic nitrogens is 3. The highest BCUT2D eigenvalue weighted by molar-refractivity contribution is 5.77. The number of rotatable bonds is 3. The molecule has 100 valence electrons. The SMILES string of the molecule is O=C(CCn1nnc2ccccc21)N1CCOCC1. The molecule has 0 saturated carbocycles. The first kappa shape index (κ1) is 12.1. The second-order valence-corrected chi connectivity index (χ2v) is 4.54. The van der Waals surface area contributed by atoms with Crippen molar-refractivity contribution in [1.29, 1.82) is 0 Å². The Hall–Kier alpha value is -1.95. The minimum Gasteiger partial charge on any atom is -0.378 e. The van der Waals surface area contributed by atoms with Crippen LogP contribution in [0, 0.1) is 0 Å². The van der Waals surface area contributed by atoms with E-state index >= 15 is 0 Å². The van der Waals surface area contributed by atoms with Crippen LogP contribution in [0.1, 0.15) is 6.42 Å². The minimum atomic E-state index is 0.155. The summed E-state index contributed by atoms with van der Waals surface area (Å²) < 4.78 is 7.02. The van der Waals surface area contributed by atoms with Crippen molar-refractivity contribution in [2.75, 3.05) is 26.3 Å². The van der Waals surface area contributed by atoms with Gasteiger partial charge in [-0.25, -0.2) is 4.68 Å². The smallest absolute Gasteiger partial charge is 0.224 e. The van der Waals surface area contributed by atoms with Gasteiger partial charge in [-0.2, -0.15) is 0 Å². The second-order valence-electron chi connectivity index (χ2n) is 4.54. The summed E-state index contributed by atoms with van der Waals surface area (Å²) in [6.45, 7) is 3.22. The first-order chi connectivity index (χ1) is 9.34. The lowest BCUT2D eigenvalue weighted by molar-refractivity contribution is -0.135. The molecule has 6 nitrogen and oxygen atoms in total. The van der Waals surface area contributed by atoms with Crippen LogP contribution in [-0.4, -0.2) is 52.1 Å². The summed E-state index contributed by atoms with van der Waals surface area (Å²) >= 11 is 0. The zero-order chi connectivity index (χ0) is 13.1. The van der Waals surface area contributed by atoms with Crippen LogP contribution in [0.3, 0.4) is 0 Å². The molecule has 0 N–H and O–H groups in total. The van der Waals surface area contributed by atoms with Gasteiger partial charge in [0.15, 0.2) is 0 Å². The molecular formula is C13H16N4O2. The first-order valence-electron chi connectivity index (χ1n) is 6.48. The highest BCUT2D eigenvalue weighted by atomic mass is 16.5. The van der Waals surface area contributed by atoms with Crippen LogP contribution in [0.15, 0.2) is 24.3 Å². The van der Waals surface area contributed by atoms with Gasteiger partial charge in [-0.1, -0.05) is 17.3 Å². The average Bonchev–Trinajstić information content (AvgIpc) is 2.89. The molecule has 1 saturated heterocycles. The lowest BCUT2D eigenvalue weighted by Crippen LogP contribution is -2.41. The van der Waals surface area contributed by atoms with Gasteiger partial charge in [-0.15, -0.1) is 5.10 Å². The maximum Gasteiger partial charge on any atom is 0.224 e. The van der Waals surface area contributed by atoms with E-state index in [9.17, 15) is 4.79 Å². The number of morpholine rings is 1. The molecule has 1 aliphatic heterocycles. The molecule has 1 aromatic heterocycles. The standard InChI is InChI=1S/C13H16N4O2/c18-13(16-7-9-19-10-8-16)5-6-17-12-4-2-1-3-11(12)14-15-17/h1-4H,5-10H2. The number of fused-ring (bicyclic) bond motifs is 1. The molecule has 0 radical (unpaired) electrons. The van der Waals surface area contributed by atoms with Crippen molar-refractivity contribution < 1.29 is 9.53 Å². The normalized spacial score (nSPS) is 15.9. The van der Waals surface area contributed by atoms with Crippen molar-refractivity contribution in [1.82, 2.24) is 19.9 Å². The van der Waals surface area contributed by atoms with E-state index in [1.807, 2.05) is 29.2 Å². The highest BCUT2D eigenvalue weighted by Gasteiger charge is 2.16. The molecule has 0 spiro atoms. The fraction of sp³-hybridized carbons (Fsp3) is 0.462. The third-order valence-corrected chi connectivity index (χ3v) is 3.32. The minimum absolute atomic E-state index is 0.155. The Morgan fingerprint density at radius 3 is 2.89 bits per heavy atom. The Kier molecular flexibility index (Phi) is 3.41. The predicted octanol–water partition coefficient (Wildman–Crippen LogP) is 0.680. The number of para-hydroxylation sites is 1. The van der Waals surface area contributed by atoms with Crippen LogP contribution in [0.5, 0.6) is 0 Å². The van der Waals surface area contributed by atoms with E-state index in [-0.39, 0.29) is 5.91 Å². The summed E-state index contributed by atoms with van der Waals surface area (Å²) in [4.78, 5) is 13.9. The summed E-state index contributed by atoms with van der Waals surface area (Å²) in [5.74, 6) is 0.155. The van der Waals surface area contributed by atoms with E-state index in [1.165, 1.54) is 0 Å². The molecule has 1 aromatic carbocycles. The Labute approximate surface area is 110 Å². The van der Waals surface area contributed by atoms with E-state index in [2.05, 4.69) is 10.3 Å². The zero-order valence-corrected chi connectivity index (χ0v) is 10.7. The largest absolute Gasteiger partial charge is 0.378 e. The van der Waals surface area contributed by atoms with E-state index in [1.54, 1.807) is 4.68 Å². The summed E-state index contributed by atoms with van der Waals surface area (Å²) in [7, 11) is 0. The molecule has 0 unspecified atom stereocenters. The molecule has 1 fully saturated rings. The zero-order valence-electron chi connectivity index (χ0n) is 10.7. The van der Waals surface area contributed by atoms with E-state index < -0.39 is 0 Å². The van der Waals surface area contributed by atoms with Gasteiger partial charge in [0.1, 0.15) is 5.52 Å². The lowest BCUT2D eigenvalue weighted by atomic mass is 10.3. The Morgan fingerprint density at radius 1 is 1.26 bits per heavy atom. The van der Waals surface area contributed by atoms with E-state index in [4.69, 9.17) is 4.74 Å². The molecule has 1 aliphatic rings. The van der Waals surface area contributed by atoms with Crippen molar-refractivity contribution in [2.45, 2.75) is 13.0 Å². The van der Waals surface area contributed by atoms with Crippen LogP contribution in [0.25, 0.3) is 11.0 Å². The topological polar surface area (TPSA) is 60.2 Å². The van der Waals surface area contributed by atoms with Gasteiger partial charge in [0.05, 0.1) is 25.3 Å². The van der Waals surface area contributed by atoms with Gasteiger partial charge in [0.2, 0.25) is 5.91 Å². The Morgan fingerprint density at radius 2 is 2.05 bits per heavy atom. The molecule has 0 aliphatic carbocycles. The quantitative estimate of drug-likeness (QED) is 0.814. The summed E-state index contributed by atoms with van der Waals surface area (Å²) in [6, 6.07) is 7.77. The average molecular weight is 260 g/mol. The van der Waals surface area contributed by atoms with Crippen molar-refractivity contribution in [3.05, 3.63) is 24.3 Å². The van der Waals surface area contributed by atoms with Crippen molar-refractivity contribution in [3.8, 4) is 0 Å². The number of hydrogen-bond donors (Lipinski definition) is 0. The monoisotopic (exact) mass is 260 g/mol. The number of nitrogens with zero attached hydrogens (tertiary/aromatic N) is 4. The highest BCUT2D eigenvalue weighted by Crippen LogP contribution is 2.10. The van der Waals surface area contributed by atoms with Crippen molar-refractivity contribution in [3.63, 3.8) is 0 Å². The molecule has 0 atom stereocenters. The van der Waals surface area contributed by atoms with E-state index in [0.29, 0.717) is 39.3 Å². The molecule has 6 heteroatoms. The third kappa shape index (κ3) is 2.58. The van der Waals surface area contributed by atoms with Crippen LogP contribution in [0.2, 0.25) is 0 Å². The Balaban J connectivity index is 1.64. The molecule has 2 aromatic rings. The fourth-order valence-corrected chi connectivity index (χ4v) is 2.25. The molecule has 19 heavy (non-hydrogen) atoms. The van der Waals surface area contributed by atoms with Crippen LogP contribution < -0.4 is 0 Å². The van der Waals surface area contributed by atoms with E-state index in [0.717, 1.165) is 11.0 Å². The third-order valence-electron chi connectivity index (χ3n) is 3.32. The van der Waals surface area contributed by atoms with Crippen LogP contribution >= 0.6 is 0 Å². The van der Waals surface area contributed by atoms with Crippen molar-refractivity contribution >= 4 is 16.9 Å². The summed E-state index contributed by atoms with van der Waals surface area (Å²) in [6.07, 6.45) is 0.452. The number of benzene rings is 1. The number of hydrogen-bond acceptors (Lipinski definition) is 4. The summed E-state index contributed by atoms with van der Waals surface area (Å²) in [5.41, 5.74) is 1.83. The Bertz CT molecular complexity index is 575. The molecule has 3 rings (SSSR count). The predicted molar refractivity (Wildman–Crippen MR) is 69.5 cm³/mol. The van der Waals surface area contributed by atoms with Gasteiger partial charge in [-0.3, -0.25) is 4.79 Å². The molecule has 1 amide bonds. The van der Waals surface area contributed by atoms with Crippen LogP contribution in [0.4, 0.5) is 0 Å². The van der Waals surface area contributed by atoms with Gasteiger partial charge in [0.25, 0.3) is 0 Å². The maximum absolute atomic E-state index is 12.0. The van der Waals surface area contributed by atoms with Gasteiger partial charge < -0.3 is 9.64 Å². The number of amides is 1. The van der Waals surface area contributed by atoms with Crippen molar-refractivity contribution in [2.24, 2.45) is 0 Å². The lowest BCUT2D eigenvalue weighted by Gasteiger charge is -2.26. The first-order valence-corrected chi connectivity index (χ1v) is 6.48. The molecule has 0 bridgehead atoms. The van der Waals surface area contributed by atoms with Gasteiger partial charge in [-0.05, 0) is 12.1 Å². The molecular weight excluding hydrogens is 244 g/mol. The number of ether oxygens (including phenoxy) is 1. The van der Waals surface area contributed by atoms with Crippen LogP contribution in [-0.2, 0) is 16.1 Å².